The van der Waals surface area contributed by atoms with Crippen molar-refractivity contribution in [3.8, 4) is 0 Å². The highest BCUT2D eigenvalue weighted by molar-refractivity contribution is 6.07. The molecule has 2 aliphatic rings. The highest BCUT2D eigenvalue weighted by Crippen LogP contribution is 2.37. The number of imide groups is 1. The van der Waals surface area contributed by atoms with Gasteiger partial charge in [-0.2, -0.15) is 0 Å². The molecule has 7 heteroatoms. The molecule has 1 saturated carbocycles. The van der Waals surface area contributed by atoms with Crippen molar-refractivity contribution in [1.29, 1.82) is 0 Å². The second kappa shape index (κ2) is 7.57. The summed E-state index contributed by atoms with van der Waals surface area (Å²) >= 11 is 0. The molecule has 0 spiro atoms. The summed E-state index contributed by atoms with van der Waals surface area (Å²) in [5, 5.41) is 5.31. The van der Waals surface area contributed by atoms with Gasteiger partial charge in [-0.25, -0.2) is 0 Å². The second-order valence-electron chi connectivity index (χ2n) is 6.56. The van der Waals surface area contributed by atoms with Gasteiger partial charge in [-0.15, -0.1) is 0 Å². The van der Waals surface area contributed by atoms with Gasteiger partial charge in [-0.3, -0.25) is 24.1 Å². The Bertz CT molecular complexity index is 480. The van der Waals surface area contributed by atoms with Crippen LogP contribution < -0.4 is 10.6 Å². The zero-order valence-electron chi connectivity index (χ0n) is 13.8. The predicted molar refractivity (Wildman–Crippen MR) is 83.0 cm³/mol. The second-order valence-corrected chi connectivity index (χ2v) is 6.56. The Morgan fingerprint density at radius 2 is 1.57 bits per heavy atom. The van der Waals surface area contributed by atoms with E-state index >= 15 is 0 Å². The third-order valence-corrected chi connectivity index (χ3v) is 4.50. The van der Waals surface area contributed by atoms with Gasteiger partial charge in [0.1, 0.15) is 6.54 Å². The number of fused-ring (bicyclic) bond motifs is 1. The van der Waals surface area contributed by atoms with Crippen molar-refractivity contribution in [2.75, 3.05) is 19.6 Å². The van der Waals surface area contributed by atoms with Crippen molar-refractivity contribution in [3.63, 3.8) is 0 Å². The third kappa shape index (κ3) is 4.09. The van der Waals surface area contributed by atoms with Gasteiger partial charge in [0, 0.05) is 19.0 Å². The number of carbonyl (C=O) groups excluding carboxylic acids is 4. The van der Waals surface area contributed by atoms with E-state index in [-0.39, 0.29) is 54.5 Å². The summed E-state index contributed by atoms with van der Waals surface area (Å²) in [6, 6.07) is 0. The summed E-state index contributed by atoms with van der Waals surface area (Å²) in [5.74, 6) is -1.42. The number of hydrogen-bond acceptors (Lipinski definition) is 4. The Morgan fingerprint density at radius 3 is 2.09 bits per heavy atom. The topological polar surface area (TPSA) is 95.6 Å². The van der Waals surface area contributed by atoms with Crippen LogP contribution in [0, 0.1) is 17.8 Å². The van der Waals surface area contributed by atoms with Gasteiger partial charge in [0.05, 0.1) is 11.8 Å². The Kier molecular flexibility index (Phi) is 5.74. The summed E-state index contributed by atoms with van der Waals surface area (Å²) in [7, 11) is 0. The maximum atomic E-state index is 12.2. The van der Waals surface area contributed by atoms with Crippen molar-refractivity contribution in [1.82, 2.24) is 15.5 Å². The monoisotopic (exact) mass is 323 g/mol. The lowest BCUT2D eigenvalue weighted by atomic mass is 9.81. The smallest absolute Gasteiger partial charge is 0.240 e. The largest absolute Gasteiger partial charge is 0.354 e. The first-order valence-electron chi connectivity index (χ1n) is 8.31. The van der Waals surface area contributed by atoms with Crippen molar-refractivity contribution >= 4 is 23.6 Å². The summed E-state index contributed by atoms with van der Waals surface area (Å²) in [4.78, 5) is 48.9. The number of nitrogens with one attached hydrogen (secondary N) is 2. The summed E-state index contributed by atoms with van der Waals surface area (Å²) in [6.07, 6.45) is 3.43. The lowest BCUT2D eigenvalue weighted by Crippen LogP contribution is -2.43. The molecular weight excluding hydrogens is 298 g/mol. The zero-order valence-corrected chi connectivity index (χ0v) is 13.8. The lowest BCUT2D eigenvalue weighted by Gasteiger charge is -2.19. The quantitative estimate of drug-likeness (QED) is 0.533. The number of likely N-dealkylation sites (tertiary alicyclic amines) is 1. The van der Waals surface area contributed by atoms with Crippen LogP contribution in [-0.2, 0) is 19.2 Å². The molecule has 7 nitrogen and oxygen atoms in total. The summed E-state index contributed by atoms with van der Waals surface area (Å²) in [5.41, 5.74) is 0. The molecule has 2 fully saturated rings. The van der Waals surface area contributed by atoms with E-state index in [1.165, 1.54) is 0 Å². The van der Waals surface area contributed by atoms with Gasteiger partial charge in [-0.1, -0.05) is 26.7 Å². The molecule has 2 rings (SSSR count). The molecule has 1 aliphatic heterocycles. The molecule has 128 valence electrons. The Morgan fingerprint density at radius 1 is 1.04 bits per heavy atom. The SMILES string of the molecule is CC(C)C(=O)NCCNC(=O)CN1C(=O)[C@H]2CCCC[C@@H]2C1=O. The molecular formula is C16H25N3O4. The molecule has 0 unspecified atom stereocenters. The van der Waals surface area contributed by atoms with Crippen LogP contribution in [0.25, 0.3) is 0 Å². The first-order valence-corrected chi connectivity index (χ1v) is 8.31. The standard InChI is InChI=1S/C16H25N3O4/c1-10(2)14(21)18-8-7-17-13(20)9-19-15(22)11-5-3-4-6-12(11)16(19)23/h10-12H,3-9H2,1-2H3,(H,17,20)(H,18,21)/t11-,12-/m0/s1. The molecule has 2 atom stereocenters. The van der Waals surface area contributed by atoms with Crippen LogP contribution in [0.15, 0.2) is 0 Å². The van der Waals surface area contributed by atoms with E-state index in [2.05, 4.69) is 10.6 Å². The van der Waals surface area contributed by atoms with Crippen molar-refractivity contribution < 1.29 is 19.2 Å². The number of carbonyl (C=O) groups is 4. The van der Waals surface area contributed by atoms with Crippen LogP contribution in [0.1, 0.15) is 39.5 Å². The fraction of sp³-hybridized carbons (Fsp3) is 0.750. The normalized spacial score (nSPS) is 23.9. The van der Waals surface area contributed by atoms with Crippen LogP contribution >= 0.6 is 0 Å². The van der Waals surface area contributed by atoms with Gasteiger partial charge in [0.15, 0.2) is 0 Å². The van der Waals surface area contributed by atoms with Crippen molar-refractivity contribution in [3.05, 3.63) is 0 Å². The van der Waals surface area contributed by atoms with Crippen LogP contribution in [0.2, 0.25) is 0 Å². The highest BCUT2D eigenvalue weighted by atomic mass is 16.2. The lowest BCUT2D eigenvalue weighted by molar-refractivity contribution is -0.143. The van der Waals surface area contributed by atoms with Gasteiger partial charge >= 0.3 is 0 Å². The Labute approximate surface area is 136 Å². The van der Waals surface area contributed by atoms with E-state index in [0.29, 0.717) is 6.54 Å². The third-order valence-electron chi connectivity index (χ3n) is 4.50. The van der Waals surface area contributed by atoms with Gasteiger partial charge in [0.25, 0.3) is 0 Å². The van der Waals surface area contributed by atoms with Gasteiger partial charge in [-0.05, 0) is 12.8 Å². The average molecular weight is 323 g/mol. The molecule has 0 aromatic carbocycles. The minimum atomic E-state index is -0.371. The molecule has 2 N–H and O–H groups in total. The van der Waals surface area contributed by atoms with E-state index in [1.807, 2.05) is 0 Å². The highest BCUT2D eigenvalue weighted by Gasteiger charge is 2.48. The van der Waals surface area contributed by atoms with Crippen LogP contribution in [-0.4, -0.2) is 48.2 Å². The Hall–Kier alpha value is -1.92. The summed E-state index contributed by atoms with van der Waals surface area (Å²) < 4.78 is 0. The minimum Gasteiger partial charge on any atom is -0.354 e. The predicted octanol–water partition coefficient (Wildman–Crippen LogP) is 0.0500. The van der Waals surface area contributed by atoms with E-state index in [9.17, 15) is 19.2 Å². The van der Waals surface area contributed by atoms with Gasteiger partial charge < -0.3 is 10.6 Å². The fourth-order valence-corrected chi connectivity index (χ4v) is 3.18. The van der Waals surface area contributed by atoms with Crippen LogP contribution in [0.5, 0.6) is 0 Å². The van der Waals surface area contributed by atoms with Crippen LogP contribution in [0.4, 0.5) is 0 Å². The molecule has 4 amide bonds. The van der Waals surface area contributed by atoms with E-state index < -0.39 is 0 Å². The first kappa shape index (κ1) is 17.4. The molecule has 0 radical (unpaired) electrons. The zero-order chi connectivity index (χ0) is 17.0. The molecule has 23 heavy (non-hydrogen) atoms. The Balaban J connectivity index is 1.76. The molecule has 1 saturated heterocycles. The number of amides is 4. The molecule has 1 aliphatic carbocycles. The maximum Gasteiger partial charge on any atom is 0.240 e. The molecule has 0 aromatic rings. The molecule has 0 aromatic heterocycles. The van der Waals surface area contributed by atoms with E-state index in [4.69, 9.17) is 0 Å². The van der Waals surface area contributed by atoms with Crippen molar-refractivity contribution in [2.45, 2.75) is 39.5 Å². The van der Waals surface area contributed by atoms with E-state index in [0.717, 1.165) is 30.6 Å². The summed E-state index contributed by atoms with van der Waals surface area (Å²) in [6.45, 7) is 3.97. The fourth-order valence-electron chi connectivity index (χ4n) is 3.18. The van der Waals surface area contributed by atoms with Gasteiger partial charge in [0.2, 0.25) is 23.6 Å². The average Bonchev–Trinajstić information content (AvgIpc) is 2.77. The van der Waals surface area contributed by atoms with E-state index in [1.54, 1.807) is 13.8 Å². The number of rotatable bonds is 6. The van der Waals surface area contributed by atoms with Crippen molar-refractivity contribution in [2.24, 2.45) is 17.8 Å². The maximum absolute atomic E-state index is 12.2. The number of nitrogens with zero attached hydrogens (tertiary/aromatic N) is 1. The minimum absolute atomic E-state index is 0.0757. The molecule has 1 heterocycles. The first-order chi connectivity index (χ1) is 10.9. The number of hydrogen-bond donors (Lipinski definition) is 2. The van der Waals surface area contributed by atoms with Crippen LogP contribution in [0.3, 0.4) is 0 Å². The molecule has 0 bridgehead atoms.